The van der Waals surface area contributed by atoms with Crippen LogP contribution in [-0.2, 0) is 29.3 Å². The Morgan fingerprint density at radius 2 is 1.75 bits per heavy atom. The number of rotatable bonds is 4. The molecule has 1 aliphatic carbocycles. The third kappa shape index (κ3) is 7.15. The number of nitrogens with zero attached hydrogens (tertiary/aromatic N) is 2. The zero-order chi connectivity index (χ0) is 29.1. The van der Waals surface area contributed by atoms with Crippen LogP contribution in [-0.4, -0.2) is 84.3 Å². The zero-order valence-electron chi connectivity index (χ0n) is 23.7. The highest BCUT2D eigenvalue weighted by Crippen LogP contribution is 2.45. The number of carbonyl (C=O) groups is 4. The van der Waals surface area contributed by atoms with E-state index in [0.29, 0.717) is 45.3 Å². The SMILES string of the molecule is CC(C)(C)OC(=O)NC1CCCCC/C=C\C2CC2(C(=O)NS(=O)(=O)N2CCCC2)NC(=O)C2CCCN2C1=O. The summed E-state index contributed by atoms with van der Waals surface area (Å²) in [6.45, 7) is 6.27. The minimum Gasteiger partial charge on any atom is -0.444 e. The highest BCUT2D eigenvalue weighted by molar-refractivity contribution is 7.87. The van der Waals surface area contributed by atoms with Crippen LogP contribution in [0.1, 0.15) is 85.0 Å². The van der Waals surface area contributed by atoms with Gasteiger partial charge in [-0.1, -0.05) is 25.0 Å². The summed E-state index contributed by atoms with van der Waals surface area (Å²) in [6.07, 6.45) is 9.42. The normalized spacial score (nSPS) is 31.2. The fourth-order valence-corrected chi connectivity index (χ4v) is 7.03. The number of nitrogens with one attached hydrogen (secondary N) is 3. The zero-order valence-corrected chi connectivity index (χ0v) is 24.6. The van der Waals surface area contributed by atoms with Crippen molar-refractivity contribution < 1.29 is 32.3 Å². The average Bonchev–Trinajstić information content (AvgIpc) is 3.25. The average molecular weight is 582 g/mol. The van der Waals surface area contributed by atoms with E-state index in [1.807, 2.05) is 12.2 Å². The van der Waals surface area contributed by atoms with Gasteiger partial charge in [-0.25, -0.2) is 9.52 Å². The predicted molar refractivity (Wildman–Crippen MR) is 147 cm³/mol. The molecule has 4 aliphatic rings. The molecule has 2 saturated heterocycles. The van der Waals surface area contributed by atoms with Gasteiger partial charge in [-0.2, -0.15) is 12.7 Å². The van der Waals surface area contributed by atoms with Crippen molar-refractivity contribution in [1.82, 2.24) is 24.6 Å². The van der Waals surface area contributed by atoms with Crippen molar-refractivity contribution in [2.45, 2.75) is 108 Å². The molecule has 0 spiro atoms. The van der Waals surface area contributed by atoms with E-state index in [1.165, 1.54) is 9.21 Å². The molecule has 4 amide bonds. The molecule has 0 aromatic carbocycles. The van der Waals surface area contributed by atoms with Gasteiger partial charge in [0.1, 0.15) is 23.2 Å². The van der Waals surface area contributed by atoms with Gasteiger partial charge < -0.3 is 20.3 Å². The van der Waals surface area contributed by atoms with E-state index in [1.54, 1.807) is 20.8 Å². The lowest BCUT2D eigenvalue weighted by Gasteiger charge is -2.30. The van der Waals surface area contributed by atoms with Crippen molar-refractivity contribution in [1.29, 1.82) is 0 Å². The summed E-state index contributed by atoms with van der Waals surface area (Å²) >= 11 is 0. The quantitative estimate of drug-likeness (QED) is 0.427. The van der Waals surface area contributed by atoms with Gasteiger partial charge in [0.2, 0.25) is 11.8 Å². The standard InChI is InChI=1S/C27H43N5O7S/c1-26(2,3)39-25(36)28-20-13-8-6-4-5-7-12-19-18-27(19,24(35)30-40(37,38)31-15-9-10-16-31)29-22(33)21-14-11-17-32(21)23(20)34/h7,12,19-21H,4-6,8-11,13-18H2,1-3H3,(H,28,36)(H,29,33)(H,30,35)/b12-7-. The van der Waals surface area contributed by atoms with Gasteiger partial charge in [-0.15, -0.1) is 0 Å². The van der Waals surface area contributed by atoms with Gasteiger partial charge >= 0.3 is 16.3 Å². The molecule has 4 unspecified atom stereocenters. The maximum atomic E-state index is 13.7. The Hall–Kier alpha value is -2.67. The van der Waals surface area contributed by atoms with E-state index in [0.717, 1.165) is 32.1 Å². The first-order valence-electron chi connectivity index (χ1n) is 14.4. The molecular formula is C27H43N5O7S. The second-order valence-corrected chi connectivity index (χ2v) is 13.9. The van der Waals surface area contributed by atoms with Crippen LogP contribution in [0, 0.1) is 5.92 Å². The van der Waals surface area contributed by atoms with E-state index in [2.05, 4.69) is 15.4 Å². The van der Waals surface area contributed by atoms with Gasteiger partial charge in [-0.05, 0) is 72.1 Å². The van der Waals surface area contributed by atoms with E-state index in [4.69, 9.17) is 4.74 Å². The smallest absolute Gasteiger partial charge is 0.408 e. The Bertz CT molecular complexity index is 1130. The first kappa shape index (κ1) is 30.3. The van der Waals surface area contributed by atoms with Crippen molar-refractivity contribution in [3.8, 4) is 0 Å². The number of fused-ring (bicyclic) bond motifs is 2. The van der Waals surface area contributed by atoms with Gasteiger partial charge in [0.05, 0.1) is 0 Å². The number of amides is 4. The molecule has 3 N–H and O–H groups in total. The topological polar surface area (TPSA) is 154 Å². The largest absolute Gasteiger partial charge is 0.444 e. The Morgan fingerprint density at radius 1 is 1.02 bits per heavy atom. The van der Waals surface area contributed by atoms with Crippen molar-refractivity contribution in [3.05, 3.63) is 12.2 Å². The minimum absolute atomic E-state index is 0.278. The van der Waals surface area contributed by atoms with Crippen LogP contribution in [0.25, 0.3) is 0 Å². The second kappa shape index (κ2) is 12.1. The maximum absolute atomic E-state index is 13.7. The maximum Gasteiger partial charge on any atom is 0.408 e. The molecule has 1 saturated carbocycles. The second-order valence-electron chi connectivity index (χ2n) is 12.3. The predicted octanol–water partition coefficient (Wildman–Crippen LogP) is 1.72. The fraction of sp³-hybridized carbons (Fsp3) is 0.778. The molecule has 4 rings (SSSR count). The molecule has 13 heteroatoms. The van der Waals surface area contributed by atoms with Crippen LogP contribution in [0.2, 0.25) is 0 Å². The monoisotopic (exact) mass is 581 g/mol. The highest BCUT2D eigenvalue weighted by atomic mass is 32.2. The summed E-state index contributed by atoms with van der Waals surface area (Å²) in [4.78, 5) is 54.6. The molecule has 0 aromatic heterocycles. The number of allylic oxidation sites excluding steroid dienone is 1. The van der Waals surface area contributed by atoms with E-state index in [-0.39, 0.29) is 18.2 Å². The van der Waals surface area contributed by atoms with Crippen LogP contribution in [0.15, 0.2) is 12.2 Å². The van der Waals surface area contributed by atoms with E-state index in [9.17, 15) is 27.6 Å². The van der Waals surface area contributed by atoms with Crippen LogP contribution < -0.4 is 15.4 Å². The van der Waals surface area contributed by atoms with Crippen LogP contribution in [0.3, 0.4) is 0 Å². The molecule has 224 valence electrons. The summed E-state index contributed by atoms with van der Waals surface area (Å²) in [5.41, 5.74) is -2.13. The molecule has 3 aliphatic heterocycles. The van der Waals surface area contributed by atoms with Crippen molar-refractivity contribution in [2.75, 3.05) is 19.6 Å². The lowest BCUT2D eigenvalue weighted by Crippen LogP contribution is -2.59. The third-order valence-electron chi connectivity index (χ3n) is 7.95. The van der Waals surface area contributed by atoms with Gasteiger partial charge in [0, 0.05) is 25.6 Å². The molecule has 4 atom stereocenters. The van der Waals surface area contributed by atoms with Gasteiger partial charge in [0.25, 0.3) is 5.91 Å². The number of alkyl carbamates (subject to hydrolysis) is 1. The highest BCUT2D eigenvalue weighted by Gasteiger charge is 2.61. The lowest BCUT2D eigenvalue weighted by atomic mass is 10.0. The van der Waals surface area contributed by atoms with Crippen LogP contribution in [0.5, 0.6) is 0 Å². The van der Waals surface area contributed by atoms with E-state index >= 15 is 0 Å². The molecule has 40 heavy (non-hydrogen) atoms. The van der Waals surface area contributed by atoms with Crippen molar-refractivity contribution >= 4 is 34.0 Å². The van der Waals surface area contributed by atoms with E-state index < -0.39 is 51.3 Å². The first-order valence-corrected chi connectivity index (χ1v) is 15.9. The fourth-order valence-electron chi connectivity index (χ4n) is 5.74. The number of carbonyl (C=O) groups excluding carboxylic acids is 4. The lowest BCUT2D eigenvalue weighted by molar-refractivity contribution is -0.141. The summed E-state index contributed by atoms with van der Waals surface area (Å²) in [7, 11) is -4.02. The molecule has 12 nitrogen and oxygen atoms in total. The Kier molecular flexibility index (Phi) is 9.13. The third-order valence-corrected chi connectivity index (χ3v) is 9.44. The molecule has 3 fully saturated rings. The Morgan fingerprint density at radius 3 is 2.45 bits per heavy atom. The van der Waals surface area contributed by atoms with Crippen LogP contribution >= 0.6 is 0 Å². The summed E-state index contributed by atoms with van der Waals surface area (Å²) in [5, 5.41) is 5.54. The number of hydrogen-bond acceptors (Lipinski definition) is 7. The summed E-state index contributed by atoms with van der Waals surface area (Å²) in [6, 6.07) is -1.67. The number of hydrogen-bond donors (Lipinski definition) is 3. The van der Waals surface area contributed by atoms with Crippen molar-refractivity contribution in [3.63, 3.8) is 0 Å². The number of ether oxygens (including phenoxy) is 1. The molecule has 0 radical (unpaired) electrons. The molecule has 0 bridgehead atoms. The molecule has 0 aromatic rings. The molecular weight excluding hydrogens is 538 g/mol. The minimum atomic E-state index is -4.02. The first-order chi connectivity index (χ1) is 18.8. The Labute approximate surface area is 236 Å². The summed E-state index contributed by atoms with van der Waals surface area (Å²) < 4.78 is 34.5. The Balaban J connectivity index is 1.54. The summed E-state index contributed by atoms with van der Waals surface area (Å²) in [5.74, 6) is -1.96. The molecule has 3 heterocycles. The van der Waals surface area contributed by atoms with Gasteiger partial charge in [0.15, 0.2) is 0 Å². The van der Waals surface area contributed by atoms with Gasteiger partial charge in [-0.3, -0.25) is 14.4 Å². The van der Waals surface area contributed by atoms with Crippen LogP contribution in [0.4, 0.5) is 4.79 Å². The van der Waals surface area contributed by atoms with Crippen molar-refractivity contribution in [2.24, 2.45) is 5.92 Å².